The van der Waals surface area contributed by atoms with Crippen LogP contribution in [-0.2, 0) is 10.2 Å². The Hall–Kier alpha value is -1.45. The molecule has 0 saturated heterocycles. The summed E-state index contributed by atoms with van der Waals surface area (Å²) >= 11 is 0. The molecular formula is C13H15N3O. The van der Waals surface area contributed by atoms with Gasteiger partial charge in [-0.15, -0.1) is 0 Å². The van der Waals surface area contributed by atoms with Crippen LogP contribution in [0.25, 0.3) is 0 Å². The summed E-state index contributed by atoms with van der Waals surface area (Å²) in [5.41, 5.74) is 0.857. The Labute approximate surface area is 100 Å². The van der Waals surface area contributed by atoms with Gasteiger partial charge in [0.05, 0.1) is 5.41 Å². The second-order valence-corrected chi connectivity index (χ2v) is 5.46. The molecule has 3 aliphatic rings. The lowest BCUT2D eigenvalue weighted by atomic mass is 10.0. The Kier molecular flexibility index (Phi) is 1.72. The molecule has 0 unspecified atom stereocenters. The molecule has 2 aliphatic carbocycles. The second kappa shape index (κ2) is 3.06. The maximum absolute atomic E-state index is 12.6. The third-order valence-electron chi connectivity index (χ3n) is 4.50. The van der Waals surface area contributed by atoms with Crippen molar-refractivity contribution < 1.29 is 4.79 Å². The molecule has 1 aliphatic heterocycles. The highest BCUT2D eigenvalue weighted by atomic mass is 16.2. The van der Waals surface area contributed by atoms with Crippen molar-refractivity contribution in [2.24, 2.45) is 0 Å². The summed E-state index contributed by atoms with van der Waals surface area (Å²) in [5.74, 6) is 1.19. The van der Waals surface area contributed by atoms with Gasteiger partial charge in [-0.3, -0.25) is 9.69 Å². The number of fused-ring (bicyclic) bond motifs is 2. The van der Waals surface area contributed by atoms with Gasteiger partial charge in [0.2, 0.25) is 5.91 Å². The first-order valence-corrected chi connectivity index (χ1v) is 6.47. The number of aromatic nitrogens is 2. The molecule has 0 aromatic carbocycles. The van der Waals surface area contributed by atoms with Gasteiger partial charge < -0.3 is 0 Å². The fraction of sp³-hybridized carbons (Fsp3) is 0.615. The summed E-state index contributed by atoms with van der Waals surface area (Å²) < 4.78 is 0. The van der Waals surface area contributed by atoms with Gasteiger partial charge in [-0.05, 0) is 25.7 Å². The van der Waals surface area contributed by atoms with E-state index in [-0.39, 0.29) is 5.41 Å². The molecule has 88 valence electrons. The molecule has 4 nitrogen and oxygen atoms in total. The summed E-state index contributed by atoms with van der Waals surface area (Å²) in [4.78, 5) is 23.0. The lowest BCUT2D eigenvalue weighted by Gasteiger charge is -2.24. The largest absolute Gasteiger partial charge is 0.293 e. The molecule has 1 aromatic rings. The van der Waals surface area contributed by atoms with E-state index >= 15 is 0 Å². The van der Waals surface area contributed by atoms with Crippen molar-refractivity contribution >= 4 is 11.7 Å². The maximum Gasteiger partial charge on any atom is 0.239 e. The molecule has 1 amide bonds. The number of amides is 1. The average molecular weight is 229 g/mol. The predicted octanol–water partition coefficient (Wildman–Crippen LogP) is 1.80. The van der Waals surface area contributed by atoms with Gasteiger partial charge >= 0.3 is 0 Å². The van der Waals surface area contributed by atoms with Crippen molar-refractivity contribution in [3.8, 4) is 0 Å². The van der Waals surface area contributed by atoms with E-state index in [2.05, 4.69) is 9.97 Å². The molecule has 4 heteroatoms. The fourth-order valence-corrected chi connectivity index (χ4v) is 3.40. The number of carbonyl (C=O) groups excluding carboxylic acids is 1. The third-order valence-corrected chi connectivity index (χ3v) is 4.50. The molecule has 1 aromatic heterocycles. The third kappa shape index (κ3) is 1.10. The zero-order valence-corrected chi connectivity index (χ0v) is 9.72. The SMILES string of the molecule is O=C1N(C2CCCC2)c2ncncc2C12CC2. The number of nitrogens with zero attached hydrogens (tertiary/aromatic N) is 3. The summed E-state index contributed by atoms with van der Waals surface area (Å²) in [6, 6.07) is 0.385. The first kappa shape index (κ1) is 9.57. The number of anilines is 1. The highest BCUT2D eigenvalue weighted by Gasteiger charge is 2.61. The standard InChI is InChI=1S/C13H15N3O/c17-12-13(5-6-13)10-7-14-8-15-11(10)16(12)9-3-1-2-4-9/h7-9H,1-6H2. The van der Waals surface area contributed by atoms with Crippen LogP contribution in [0.1, 0.15) is 44.1 Å². The van der Waals surface area contributed by atoms with E-state index in [1.54, 1.807) is 6.33 Å². The van der Waals surface area contributed by atoms with Gasteiger partial charge in [0, 0.05) is 17.8 Å². The van der Waals surface area contributed by atoms with Crippen LogP contribution in [-0.4, -0.2) is 21.9 Å². The van der Waals surface area contributed by atoms with Crippen LogP contribution in [0.3, 0.4) is 0 Å². The van der Waals surface area contributed by atoms with Gasteiger partial charge in [-0.1, -0.05) is 12.8 Å². The Morgan fingerprint density at radius 3 is 2.76 bits per heavy atom. The average Bonchev–Trinajstić information content (AvgIpc) is 2.92. The molecule has 4 rings (SSSR count). The van der Waals surface area contributed by atoms with E-state index in [9.17, 15) is 4.79 Å². The lowest BCUT2D eigenvalue weighted by Crippen LogP contribution is -2.39. The molecule has 0 bridgehead atoms. The second-order valence-electron chi connectivity index (χ2n) is 5.46. The summed E-state index contributed by atoms with van der Waals surface area (Å²) in [6.45, 7) is 0. The smallest absolute Gasteiger partial charge is 0.239 e. The Morgan fingerprint density at radius 1 is 1.29 bits per heavy atom. The molecule has 0 N–H and O–H groups in total. The minimum atomic E-state index is -0.223. The van der Waals surface area contributed by atoms with Crippen molar-refractivity contribution in [2.75, 3.05) is 4.90 Å². The molecule has 2 fully saturated rings. The van der Waals surface area contributed by atoms with Gasteiger partial charge in [0.1, 0.15) is 12.1 Å². The molecule has 0 atom stereocenters. The van der Waals surface area contributed by atoms with Crippen LogP contribution in [0, 0.1) is 0 Å². The van der Waals surface area contributed by atoms with E-state index in [4.69, 9.17) is 0 Å². The fourth-order valence-electron chi connectivity index (χ4n) is 3.40. The zero-order valence-electron chi connectivity index (χ0n) is 9.72. The van der Waals surface area contributed by atoms with Gasteiger partial charge in [-0.2, -0.15) is 0 Å². The zero-order chi connectivity index (χ0) is 11.5. The number of carbonyl (C=O) groups is 1. The number of rotatable bonds is 1. The van der Waals surface area contributed by atoms with E-state index < -0.39 is 0 Å². The normalized spacial score (nSPS) is 25.6. The van der Waals surface area contributed by atoms with Crippen molar-refractivity contribution in [1.82, 2.24) is 9.97 Å². The molecule has 2 heterocycles. The van der Waals surface area contributed by atoms with Crippen LogP contribution in [0.4, 0.5) is 5.82 Å². The quantitative estimate of drug-likeness (QED) is 0.737. The monoisotopic (exact) mass is 229 g/mol. The van der Waals surface area contributed by atoms with Crippen LogP contribution < -0.4 is 4.90 Å². The topological polar surface area (TPSA) is 46.1 Å². The van der Waals surface area contributed by atoms with E-state index in [0.717, 1.165) is 37.1 Å². The lowest BCUT2D eigenvalue weighted by molar-refractivity contribution is -0.120. The molecule has 1 spiro atoms. The Bertz CT molecular complexity index is 489. The van der Waals surface area contributed by atoms with Crippen molar-refractivity contribution in [3.63, 3.8) is 0 Å². The van der Waals surface area contributed by atoms with Crippen LogP contribution in [0.2, 0.25) is 0 Å². The van der Waals surface area contributed by atoms with Crippen LogP contribution in [0.15, 0.2) is 12.5 Å². The molecule has 17 heavy (non-hydrogen) atoms. The maximum atomic E-state index is 12.6. The van der Waals surface area contributed by atoms with Crippen molar-refractivity contribution in [1.29, 1.82) is 0 Å². The van der Waals surface area contributed by atoms with Gasteiger partial charge in [0.15, 0.2) is 0 Å². The molecular weight excluding hydrogens is 214 g/mol. The first-order valence-electron chi connectivity index (χ1n) is 6.47. The number of hydrogen-bond donors (Lipinski definition) is 0. The van der Waals surface area contributed by atoms with Crippen LogP contribution in [0.5, 0.6) is 0 Å². The highest BCUT2D eigenvalue weighted by molar-refractivity contribution is 6.09. The Morgan fingerprint density at radius 2 is 2.06 bits per heavy atom. The van der Waals surface area contributed by atoms with Gasteiger partial charge in [0.25, 0.3) is 0 Å². The molecule has 0 radical (unpaired) electrons. The first-order chi connectivity index (χ1) is 8.33. The van der Waals surface area contributed by atoms with E-state index in [1.807, 2.05) is 11.1 Å². The van der Waals surface area contributed by atoms with E-state index in [0.29, 0.717) is 11.9 Å². The summed E-state index contributed by atoms with van der Waals surface area (Å²) in [6.07, 6.45) is 10.1. The predicted molar refractivity (Wildman–Crippen MR) is 62.7 cm³/mol. The van der Waals surface area contributed by atoms with Gasteiger partial charge in [-0.25, -0.2) is 9.97 Å². The van der Waals surface area contributed by atoms with Crippen molar-refractivity contribution in [3.05, 3.63) is 18.1 Å². The molecule has 2 saturated carbocycles. The van der Waals surface area contributed by atoms with E-state index in [1.165, 1.54) is 12.8 Å². The van der Waals surface area contributed by atoms with Crippen LogP contribution >= 0.6 is 0 Å². The Balaban J connectivity index is 1.83. The minimum absolute atomic E-state index is 0.223. The minimum Gasteiger partial charge on any atom is -0.293 e. The summed E-state index contributed by atoms with van der Waals surface area (Å²) in [7, 11) is 0. The highest BCUT2D eigenvalue weighted by Crippen LogP contribution is 2.57. The summed E-state index contributed by atoms with van der Waals surface area (Å²) in [5, 5.41) is 0. The van der Waals surface area contributed by atoms with Crippen molar-refractivity contribution in [2.45, 2.75) is 50.0 Å². The number of hydrogen-bond acceptors (Lipinski definition) is 3.